The van der Waals surface area contributed by atoms with Crippen LogP contribution >= 0.6 is 0 Å². The largest absolute Gasteiger partial charge is 0.486 e. The fraction of sp³-hybridized carbons (Fsp3) is 0.375. The fourth-order valence-electron chi connectivity index (χ4n) is 4.82. The highest BCUT2D eigenvalue weighted by molar-refractivity contribution is 5.96. The first-order chi connectivity index (χ1) is 15.3. The standard InChI is InChI=1S/C24H26N6O/c1-29-12-13-31-22-21(29)15-25-30-23(27-28-24(22)30)17-11-10-16-6-5-9-20(19(16)14-17)26-18-7-3-2-4-8-18/h5-6,9-11,14-15,18,26H,2-4,7-8,12-13H2,1H3. The number of nitrogens with zero attached hydrogens (tertiary/aromatic N) is 5. The third-order valence-electron chi connectivity index (χ3n) is 6.56. The minimum Gasteiger partial charge on any atom is -0.486 e. The molecule has 158 valence electrons. The Bertz CT molecular complexity index is 1260. The van der Waals surface area contributed by atoms with E-state index in [4.69, 9.17) is 4.74 Å². The van der Waals surface area contributed by atoms with Gasteiger partial charge in [-0.2, -0.15) is 9.61 Å². The molecule has 6 rings (SSSR count). The van der Waals surface area contributed by atoms with Crippen molar-refractivity contribution in [3.63, 3.8) is 0 Å². The summed E-state index contributed by atoms with van der Waals surface area (Å²) in [7, 11) is 2.04. The van der Waals surface area contributed by atoms with Crippen molar-refractivity contribution < 1.29 is 4.74 Å². The molecule has 31 heavy (non-hydrogen) atoms. The monoisotopic (exact) mass is 414 g/mol. The van der Waals surface area contributed by atoms with E-state index >= 15 is 0 Å². The van der Waals surface area contributed by atoms with Gasteiger partial charge in [-0.05, 0) is 30.4 Å². The second-order valence-corrected chi connectivity index (χ2v) is 8.61. The number of hydrogen-bond acceptors (Lipinski definition) is 6. The fourth-order valence-corrected chi connectivity index (χ4v) is 4.82. The molecule has 1 N–H and O–H groups in total. The lowest BCUT2D eigenvalue weighted by molar-refractivity contribution is 0.312. The highest BCUT2D eigenvalue weighted by Crippen LogP contribution is 2.35. The van der Waals surface area contributed by atoms with Crippen molar-refractivity contribution in [3.8, 4) is 17.1 Å². The molecule has 1 aliphatic heterocycles. The highest BCUT2D eigenvalue weighted by atomic mass is 16.5. The van der Waals surface area contributed by atoms with Crippen LogP contribution in [0.3, 0.4) is 0 Å². The summed E-state index contributed by atoms with van der Waals surface area (Å²) in [6.45, 7) is 1.48. The van der Waals surface area contributed by atoms with E-state index in [1.54, 1.807) is 4.52 Å². The molecule has 1 fully saturated rings. The molecule has 3 heterocycles. The number of hydrogen-bond donors (Lipinski definition) is 1. The number of ether oxygens (including phenoxy) is 1. The molecule has 2 aromatic heterocycles. The van der Waals surface area contributed by atoms with Crippen LogP contribution < -0.4 is 15.0 Å². The van der Waals surface area contributed by atoms with Crippen LogP contribution in [0.4, 0.5) is 11.4 Å². The molecule has 0 spiro atoms. The van der Waals surface area contributed by atoms with Crippen LogP contribution in [-0.2, 0) is 0 Å². The van der Waals surface area contributed by atoms with Crippen LogP contribution in [0.25, 0.3) is 27.8 Å². The maximum Gasteiger partial charge on any atom is 0.222 e. The third-order valence-corrected chi connectivity index (χ3v) is 6.56. The average Bonchev–Trinajstić information content (AvgIpc) is 3.25. The summed E-state index contributed by atoms with van der Waals surface area (Å²) in [6.07, 6.45) is 8.31. The summed E-state index contributed by atoms with van der Waals surface area (Å²) >= 11 is 0. The van der Waals surface area contributed by atoms with E-state index in [1.807, 2.05) is 13.2 Å². The molecule has 0 bridgehead atoms. The summed E-state index contributed by atoms with van der Waals surface area (Å²) in [5, 5.41) is 19.8. The van der Waals surface area contributed by atoms with E-state index < -0.39 is 0 Å². The minimum absolute atomic E-state index is 0.555. The maximum atomic E-state index is 5.92. The summed E-state index contributed by atoms with van der Waals surface area (Å²) in [5.41, 5.74) is 3.80. The second-order valence-electron chi connectivity index (χ2n) is 8.61. The van der Waals surface area contributed by atoms with Crippen LogP contribution in [0.15, 0.2) is 42.6 Å². The molecular weight excluding hydrogens is 388 g/mol. The van der Waals surface area contributed by atoms with Gasteiger partial charge in [0, 0.05) is 29.7 Å². The van der Waals surface area contributed by atoms with E-state index in [1.165, 1.54) is 48.6 Å². The molecule has 2 aromatic carbocycles. The smallest absolute Gasteiger partial charge is 0.222 e. The van der Waals surface area contributed by atoms with Crippen molar-refractivity contribution in [1.29, 1.82) is 0 Å². The molecule has 0 unspecified atom stereocenters. The van der Waals surface area contributed by atoms with Crippen molar-refractivity contribution in [2.24, 2.45) is 0 Å². The van der Waals surface area contributed by atoms with Crippen molar-refractivity contribution in [2.75, 3.05) is 30.4 Å². The Morgan fingerprint density at radius 1 is 1.06 bits per heavy atom. The van der Waals surface area contributed by atoms with Gasteiger partial charge in [-0.3, -0.25) is 0 Å². The Kier molecular flexibility index (Phi) is 4.40. The molecule has 0 saturated heterocycles. The van der Waals surface area contributed by atoms with Gasteiger partial charge in [0.1, 0.15) is 12.3 Å². The van der Waals surface area contributed by atoms with Crippen molar-refractivity contribution >= 4 is 27.8 Å². The zero-order chi connectivity index (χ0) is 20.8. The van der Waals surface area contributed by atoms with Gasteiger partial charge in [-0.1, -0.05) is 43.5 Å². The van der Waals surface area contributed by atoms with Gasteiger partial charge < -0.3 is 15.0 Å². The first-order valence-electron chi connectivity index (χ1n) is 11.2. The van der Waals surface area contributed by atoms with Crippen LogP contribution in [-0.4, -0.2) is 46.1 Å². The van der Waals surface area contributed by atoms with Crippen LogP contribution in [0.5, 0.6) is 5.75 Å². The minimum atomic E-state index is 0.555. The molecule has 0 amide bonds. The summed E-state index contributed by atoms with van der Waals surface area (Å²) < 4.78 is 7.70. The van der Waals surface area contributed by atoms with Gasteiger partial charge in [-0.25, -0.2) is 0 Å². The van der Waals surface area contributed by atoms with E-state index in [-0.39, 0.29) is 0 Å². The lowest BCUT2D eigenvalue weighted by atomic mass is 9.95. The zero-order valence-electron chi connectivity index (χ0n) is 17.7. The Labute approximate surface area is 181 Å². The SMILES string of the molecule is CN1CCOc2c1cnn1c(-c3ccc4cccc(NC5CCCCC5)c4c3)nnc21. The van der Waals surface area contributed by atoms with Gasteiger partial charge in [0.05, 0.1) is 12.7 Å². The lowest BCUT2D eigenvalue weighted by Gasteiger charge is -2.26. The summed E-state index contributed by atoms with van der Waals surface area (Å²) in [4.78, 5) is 2.14. The van der Waals surface area contributed by atoms with E-state index in [0.29, 0.717) is 18.3 Å². The molecule has 2 aliphatic rings. The number of likely N-dealkylation sites (N-methyl/N-ethyl adjacent to an activating group) is 1. The predicted molar refractivity (Wildman–Crippen MR) is 123 cm³/mol. The molecular formula is C24H26N6O. The number of aromatic nitrogens is 4. The lowest BCUT2D eigenvalue weighted by Crippen LogP contribution is -2.29. The number of rotatable bonds is 3. The zero-order valence-corrected chi connectivity index (χ0v) is 17.7. The topological polar surface area (TPSA) is 67.6 Å². The molecule has 4 aromatic rings. The Hall–Kier alpha value is -3.35. The first kappa shape index (κ1) is 18.4. The maximum absolute atomic E-state index is 5.92. The van der Waals surface area contributed by atoms with Crippen molar-refractivity contribution in [1.82, 2.24) is 19.8 Å². The van der Waals surface area contributed by atoms with Crippen LogP contribution in [0.2, 0.25) is 0 Å². The average molecular weight is 415 g/mol. The number of nitrogens with one attached hydrogen (secondary N) is 1. The Balaban J connectivity index is 1.43. The summed E-state index contributed by atoms with van der Waals surface area (Å²) in [5.74, 6) is 1.48. The summed E-state index contributed by atoms with van der Waals surface area (Å²) in [6, 6.07) is 13.5. The van der Waals surface area contributed by atoms with Crippen molar-refractivity contribution in [3.05, 3.63) is 42.6 Å². The van der Waals surface area contributed by atoms with Gasteiger partial charge in [0.2, 0.25) is 5.65 Å². The molecule has 7 heteroatoms. The molecule has 1 saturated carbocycles. The van der Waals surface area contributed by atoms with E-state index in [2.05, 4.69) is 61.9 Å². The van der Waals surface area contributed by atoms with Crippen molar-refractivity contribution in [2.45, 2.75) is 38.1 Å². The molecule has 0 radical (unpaired) electrons. The van der Waals surface area contributed by atoms with E-state index in [9.17, 15) is 0 Å². The van der Waals surface area contributed by atoms with Gasteiger partial charge >= 0.3 is 0 Å². The van der Waals surface area contributed by atoms with Gasteiger partial charge in [0.15, 0.2) is 11.6 Å². The normalized spacial score (nSPS) is 17.0. The Morgan fingerprint density at radius 2 is 1.97 bits per heavy atom. The van der Waals surface area contributed by atoms with Gasteiger partial charge in [0.25, 0.3) is 0 Å². The first-order valence-corrected chi connectivity index (χ1v) is 11.2. The number of benzene rings is 2. The van der Waals surface area contributed by atoms with Crippen LogP contribution in [0.1, 0.15) is 32.1 Å². The third kappa shape index (κ3) is 3.15. The molecule has 1 aliphatic carbocycles. The molecule has 7 nitrogen and oxygen atoms in total. The second kappa shape index (κ2) is 7.41. The molecule has 0 atom stereocenters. The van der Waals surface area contributed by atoms with Gasteiger partial charge in [-0.15, -0.1) is 10.2 Å². The van der Waals surface area contributed by atoms with E-state index in [0.717, 1.165) is 29.4 Å². The quantitative estimate of drug-likeness (QED) is 0.532. The predicted octanol–water partition coefficient (Wildman–Crippen LogP) is 4.52. The number of anilines is 2. The number of fused-ring (bicyclic) bond motifs is 4. The highest BCUT2D eigenvalue weighted by Gasteiger charge is 2.23. The van der Waals surface area contributed by atoms with Crippen LogP contribution in [0, 0.1) is 0 Å². The Morgan fingerprint density at radius 3 is 2.87 bits per heavy atom.